The molecule has 1 unspecified atom stereocenters. The molecule has 0 aromatic rings. The van der Waals surface area contributed by atoms with E-state index in [1.807, 2.05) is 0 Å². The molecule has 0 fully saturated rings. The highest BCUT2D eigenvalue weighted by Gasteiger charge is 2.32. The van der Waals surface area contributed by atoms with Crippen LogP contribution >= 0.6 is 0 Å². The second-order valence-corrected chi connectivity index (χ2v) is 9.34. The van der Waals surface area contributed by atoms with Crippen molar-refractivity contribution in [2.45, 2.75) is 155 Å². The van der Waals surface area contributed by atoms with E-state index >= 15 is 0 Å². The van der Waals surface area contributed by atoms with Crippen LogP contribution in [0.4, 0.5) is 0 Å². The van der Waals surface area contributed by atoms with Crippen LogP contribution in [0.1, 0.15) is 149 Å². The smallest absolute Gasteiger partial charge is 0.0185 e. The molecule has 0 aliphatic carbocycles. The van der Waals surface area contributed by atoms with E-state index in [1.165, 1.54) is 122 Å². The van der Waals surface area contributed by atoms with E-state index in [0.29, 0.717) is 5.92 Å². The molecule has 1 heteroatoms. The quantitative estimate of drug-likeness (QED) is 0.144. The Kier molecular flexibility index (Phi) is 19.8. The first kappa shape index (κ1) is 27.7. The topological polar surface area (TPSA) is 26.0 Å². The molecule has 0 saturated heterocycles. The Balaban J connectivity index is 3.99. The lowest BCUT2D eigenvalue weighted by Crippen LogP contribution is -2.47. The molecule has 0 spiro atoms. The van der Waals surface area contributed by atoms with Gasteiger partial charge in [0.25, 0.3) is 0 Å². The lowest BCUT2D eigenvalue weighted by molar-refractivity contribution is 0.208. The molecule has 0 saturated carbocycles. The number of allylic oxidation sites excluding steroid dienone is 1. The van der Waals surface area contributed by atoms with Crippen molar-refractivity contribution in [2.75, 3.05) is 0 Å². The van der Waals surface area contributed by atoms with Crippen LogP contribution in [0.3, 0.4) is 0 Å². The fraction of sp³-hybridized carbons (Fsp3) is 0.926. The van der Waals surface area contributed by atoms with E-state index in [2.05, 4.69) is 33.4 Å². The minimum absolute atomic E-state index is 0.0397. The standard InChI is InChI=1S/C27H55N/c1-5-9-12-13-14-15-16-17-18-19-20-21-23-26(22-8-4)27(28,24-10-6-2)25-11-7-3/h8,26H,4-7,9-25,28H2,1-3H3. The van der Waals surface area contributed by atoms with Gasteiger partial charge in [0.1, 0.15) is 0 Å². The zero-order chi connectivity index (χ0) is 20.9. The Bertz CT molecular complexity index is 314. The van der Waals surface area contributed by atoms with Crippen LogP contribution in [0.15, 0.2) is 12.7 Å². The summed E-state index contributed by atoms with van der Waals surface area (Å²) < 4.78 is 0. The molecule has 0 amide bonds. The van der Waals surface area contributed by atoms with Gasteiger partial charge in [-0.1, -0.05) is 130 Å². The van der Waals surface area contributed by atoms with Crippen LogP contribution in [-0.4, -0.2) is 5.54 Å². The van der Waals surface area contributed by atoms with Gasteiger partial charge in [-0.15, -0.1) is 6.58 Å². The minimum Gasteiger partial charge on any atom is -0.325 e. The molecule has 1 nitrogen and oxygen atoms in total. The summed E-state index contributed by atoms with van der Waals surface area (Å²) in [7, 11) is 0. The van der Waals surface area contributed by atoms with Gasteiger partial charge in [0, 0.05) is 5.54 Å². The molecule has 168 valence electrons. The van der Waals surface area contributed by atoms with Gasteiger partial charge in [0.15, 0.2) is 0 Å². The summed E-state index contributed by atoms with van der Waals surface area (Å²) in [6.07, 6.45) is 29.0. The summed E-state index contributed by atoms with van der Waals surface area (Å²) >= 11 is 0. The summed E-state index contributed by atoms with van der Waals surface area (Å²) in [5.41, 5.74) is 7.03. The van der Waals surface area contributed by atoms with E-state index in [9.17, 15) is 0 Å². The third-order valence-electron chi connectivity index (χ3n) is 6.66. The largest absolute Gasteiger partial charge is 0.325 e. The number of rotatable bonds is 22. The van der Waals surface area contributed by atoms with E-state index < -0.39 is 0 Å². The lowest BCUT2D eigenvalue weighted by atomic mass is 9.73. The third-order valence-corrected chi connectivity index (χ3v) is 6.66. The predicted molar refractivity (Wildman–Crippen MR) is 130 cm³/mol. The van der Waals surface area contributed by atoms with Gasteiger partial charge in [0.2, 0.25) is 0 Å². The number of nitrogens with two attached hydrogens (primary N) is 1. The fourth-order valence-corrected chi connectivity index (χ4v) is 4.62. The fourth-order valence-electron chi connectivity index (χ4n) is 4.62. The molecule has 0 aliphatic heterocycles. The summed E-state index contributed by atoms with van der Waals surface area (Å²) in [5.74, 6) is 0.631. The first-order valence-corrected chi connectivity index (χ1v) is 13.0. The number of unbranched alkanes of at least 4 members (excludes halogenated alkanes) is 13. The van der Waals surface area contributed by atoms with Crippen molar-refractivity contribution in [3.63, 3.8) is 0 Å². The number of hydrogen-bond acceptors (Lipinski definition) is 1. The van der Waals surface area contributed by atoms with Crippen molar-refractivity contribution >= 4 is 0 Å². The summed E-state index contributed by atoms with van der Waals surface area (Å²) in [6, 6.07) is 0. The van der Waals surface area contributed by atoms with E-state index in [1.54, 1.807) is 0 Å². The molecular weight excluding hydrogens is 338 g/mol. The Morgan fingerprint density at radius 2 is 1.04 bits per heavy atom. The van der Waals surface area contributed by atoms with Crippen LogP contribution in [0.5, 0.6) is 0 Å². The van der Waals surface area contributed by atoms with Crippen LogP contribution in [0, 0.1) is 5.92 Å². The van der Waals surface area contributed by atoms with Crippen LogP contribution in [-0.2, 0) is 0 Å². The Morgan fingerprint density at radius 3 is 1.43 bits per heavy atom. The Hall–Kier alpha value is -0.300. The highest BCUT2D eigenvalue weighted by molar-refractivity contribution is 4.94. The maximum absolute atomic E-state index is 6.99. The van der Waals surface area contributed by atoms with Crippen molar-refractivity contribution in [1.82, 2.24) is 0 Å². The Labute approximate surface area is 179 Å². The highest BCUT2D eigenvalue weighted by Crippen LogP contribution is 2.33. The van der Waals surface area contributed by atoms with E-state index in [-0.39, 0.29) is 5.54 Å². The zero-order valence-electron chi connectivity index (χ0n) is 20.1. The summed E-state index contributed by atoms with van der Waals surface area (Å²) in [6.45, 7) is 10.9. The molecule has 0 aromatic heterocycles. The SMILES string of the molecule is C=CCC(CCCCCCCCCCCCCC)C(N)(CCCC)CCCC. The lowest BCUT2D eigenvalue weighted by Gasteiger charge is -2.38. The molecule has 0 rings (SSSR count). The normalized spacial score (nSPS) is 13.0. The monoisotopic (exact) mass is 393 g/mol. The van der Waals surface area contributed by atoms with E-state index in [0.717, 1.165) is 6.42 Å². The number of hydrogen-bond donors (Lipinski definition) is 1. The van der Waals surface area contributed by atoms with E-state index in [4.69, 9.17) is 5.73 Å². The van der Waals surface area contributed by atoms with Gasteiger partial charge in [-0.2, -0.15) is 0 Å². The van der Waals surface area contributed by atoms with Crippen molar-refractivity contribution in [3.8, 4) is 0 Å². The summed E-state index contributed by atoms with van der Waals surface area (Å²) in [4.78, 5) is 0. The second kappa shape index (κ2) is 20.0. The molecule has 0 aliphatic rings. The van der Waals surface area contributed by atoms with Crippen molar-refractivity contribution in [1.29, 1.82) is 0 Å². The van der Waals surface area contributed by atoms with Crippen molar-refractivity contribution in [3.05, 3.63) is 12.7 Å². The molecule has 0 bridgehead atoms. The Morgan fingerprint density at radius 1 is 0.643 bits per heavy atom. The first-order chi connectivity index (χ1) is 13.6. The van der Waals surface area contributed by atoms with Crippen LogP contribution in [0.2, 0.25) is 0 Å². The average Bonchev–Trinajstić information content (AvgIpc) is 2.70. The summed E-state index contributed by atoms with van der Waals surface area (Å²) in [5, 5.41) is 0. The van der Waals surface area contributed by atoms with Gasteiger partial charge < -0.3 is 5.73 Å². The highest BCUT2D eigenvalue weighted by atomic mass is 14.8. The molecule has 28 heavy (non-hydrogen) atoms. The molecule has 0 radical (unpaired) electrons. The van der Waals surface area contributed by atoms with Crippen LogP contribution < -0.4 is 5.73 Å². The van der Waals surface area contributed by atoms with Crippen molar-refractivity contribution in [2.24, 2.45) is 11.7 Å². The van der Waals surface area contributed by atoms with Gasteiger partial charge in [-0.05, 0) is 31.6 Å². The third kappa shape index (κ3) is 14.7. The van der Waals surface area contributed by atoms with Crippen molar-refractivity contribution < 1.29 is 0 Å². The predicted octanol–water partition coefficient (Wildman–Crippen LogP) is 9.35. The molecule has 2 N–H and O–H groups in total. The molecule has 1 atom stereocenters. The first-order valence-electron chi connectivity index (χ1n) is 13.0. The minimum atomic E-state index is 0.0397. The maximum Gasteiger partial charge on any atom is 0.0185 e. The maximum atomic E-state index is 6.99. The average molecular weight is 394 g/mol. The zero-order valence-corrected chi connectivity index (χ0v) is 20.1. The molecular formula is C27H55N. The van der Waals surface area contributed by atoms with Crippen LogP contribution in [0.25, 0.3) is 0 Å². The van der Waals surface area contributed by atoms with Gasteiger partial charge in [-0.25, -0.2) is 0 Å². The van der Waals surface area contributed by atoms with Gasteiger partial charge >= 0.3 is 0 Å². The van der Waals surface area contributed by atoms with Gasteiger partial charge in [0.05, 0.1) is 0 Å². The van der Waals surface area contributed by atoms with Gasteiger partial charge in [-0.3, -0.25) is 0 Å². The second-order valence-electron chi connectivity index (χ2n) is 9.34. The molecule has 0 heterocycles. The molecule has 0 aromatic carbocycles.